The fraction of sp³-hybridized carbons (Fsp3) is 0.600. The van der Waals surface area contributed by atoms with Crippen LogP contribution in [0.4, 0.5) is 4.79 Å². The molecular formula is C10H16N2O5. The van der Waals surface area contributed by atoms with Crippen LogP contribution in [0.5, 0.6) is 0 Å². The van der Waals surface area contributed by atoms with Crippen molar-refractivity contribution in [1.82, 2.24) is 9.80 Å². The number of hydrogen-bond donors (Lipinski definition) is 1. The van der Waals surface area contributed by atoms with Gasteiger partial charge in [-0.15, -0.1) is 0 Å². The summed E-state index contributed by atoms with van der Waals surface area (Å²) in [5.74, 6) is -1.63. The van der Waals surface area contributed by atoms with E-state index >= 15 is 0 Å². The van der Waals surface area contributed by atoms with Gasteiger partial charge < -0.3 is 5.11 Å². The van der Waals surface area contributed by atoms with Gasteiger partial charge in [0.2, 0.25) is 11.8 Å². The third-order valence-electron chi connectivity index (χ3n) is 2.00. The highest BCUT2D eigenvalue weighted by Crippen LogP contribution is 2.10. The van der Waals surface area contributed by atoms with Crippen molar-refractivity contribution in [2.75, 3.05) is 13.1 Å². The number of carboxylic acids is 1. The number of imide groups is 2. The Balaban J connectivity index is 0.000000557. The van der Waals surface area contributed by atoms with Crippen molar-refractivity contribution in [2.24, 2.45) is 0 Å². The molecule has 0 saturated carbocycles. The quantitative estimate of drug-likeness (QED) is 0.705. The summed E-state index contributed by atoms with van der Waals surface area (Å²) in [6.07, 6.45) is -0.187. The highest BCUT2D eigenvalue weighted by molar-refractivity contribution is 6.13. The van der Waals surface area contributed by atoms with Crippen LogP contribution in [0.15, 0.2) is 0 Å². The Morgan fingerprint density at radius 3 is 1.65 bits per heavy atom. The SMILES string of the molecule is CC(=O)O.CCN1C(=O)CC(=O)N(CC)C1=O. The number of rotatable bonds is 2. The average Bonchev–Trinajstić information content (AvgIpc) is 2.17. The van der Waals surface area contributed by atoms with Crippen LogP contribution in [0.3, 0.4) is 0 Å². The summed E-state index contributed by atoms with van der Waals surface area (Å²) in [4.78, 5) is 44.9. The molecule has 1 heterocycles. The predicted octanol–water partition coefficient (Wildman–Crippen LogP) is 0.298. The summed E-state index contributed by atoms with van der Waals surface area (Å²) in [6, 6.07) is -0.494. The Morgan fingerprint density at radius 2 is 1.41 bits per heavy atom. The first-order valence-electron chi connectivity index (χ1n) is 5.19. The predicted molar refractivity (Wildman–Crippen MR) is 58.1 cm³/mol. The molecule has 0 aromatic carbocycles. The first kappa shape index (κ1) is 15.1. The van der Waals surface area contributed by atoms with Crippen LogP contribution in [-0.2, 0) is 14.4 Å². The van der Waals surface area contributed by atoms with Crippen LogP contribution in [0.2, 0.25) is 0 Å². The van der Waals surface area contributed by atoms with E-state index in [0.717, 1.165) is 16.7 Å². The van der Waals surface area contributed by atoms with Crippen molar-refractivity contribution in [2.45, 2.75) is 27.2 Å². The molecule has 1 fully saturated rings. The molecule has 1 aliphatic rings. The topological polar surface area (TPSA) is 95.0 Å². The van der Waals surface area contributed by atoms with E-state index in [4.69, 9.17) is 9.90 Å². The first-order chi connectivity index (χ1) is 7.84. The van der Waals surface area contributed by atoms with Gasteiger partial charge in [0.1, 0.15) is 6.42 Å². The van der Waals surface area contributed by atoms with Crippen LogP contribution in [0, 0.1) is 0 Å². The van der Waals surface area contributed by atoms with E-state index in [1.165, 1.54) is 0 Å². The summed E-state index contributed by atoms with van der Waals surface area (Å²) < 4.78 is 0. The highest BCUT2D eigenvalue weighted by Gasteiger charge is 2.35. The van der Waals surface area contributed by atoms with E-state index in [1.807, 2.05) is 0 Å². The second-order valence-corrected chi connectivity index (χ2v) is 3.25. The van der Waals surface area contributed by atoms with E-state index < -0.39 is 23.8 Å². The molecule has 0 unspecified atom stereocenters. The van der Waals surface area contributed by atoms with Crippen LogP contribution >= 0.6 is 0 Å². The minimum atomic E-state index is -0.833. The van der Waals surface area contributed by atoms with Crippen LogP contribution in [-0.4, -0.2) is 51.8 Å². The van der Waals surface area contributed by atoms with E-state index in [1.54, 1.807) is 13.8 Å². The van der Waals surface area contributed by atoms with Crippen molar-refractivity contribution in [3.8, 4) is 0 Å². The van der Waals surface area contributed by atoms with Gasteiger partial charge in [0.05, 0.1) is 0 Å². The standard InChI is InChI=1S/C8H12N2O3.C2H4O2/c1-3-9-6(11)5-7(12)10(4-2)8(9)13;1-2(3)4/h3-5H2,1-2H3;1H3,(H,3,4). The Bertz CT molecular complexity index is 312. The first-order valence-corrected chi connectivity index (χ1v) is 5.19. The molecule has 4 amide bonds. The monoisotopic (exact) mass is 244 g/mol. The Kier molecular flexibility index (Phi) is 5.87. The molecule has 1 aliphatic heterocycles. The molecule has 0 bridgehead atoms. The van der Waals surface area contributed by atoms with Crippen molar-refractivity contribution < 1.29 is 24.3 Å². The number of urea groups is 1. The van der Waals surface area contributed by atoms with E-state index in [0.29, 0.717) is 13.1 Å². The number of amides is 4. The molecule has 0 atom stereocenters. The van der Waals surface area contributed by atoms with Gasteiger partial charge in [0, 0.05) is 20.0 Å². The molecule has 0 aromatic rings. The van der Waals surface area contributed by atoms with E-state index in [9.17, 15) is 14.4 Å². The smallest absolute Gasteiger partial charge is 0.333 e. The number of nitrogens with zero attached hydrogens (tertiary/aromatic N) is 2. The second kappa shape index (κ2) is 6.62. The van der Waals surface area contributed by atoms with Gasteiger partial charge in [-0.1, -0.05) is 0 Å². The largest absolute Gasteiger partial charge is 0.481 e. The number of carbonyl (C=O) groups excluding carboxylic acids is 3. The Hall–Kier alpha value is -1.92. The molecule has 7 nitrogen and oxygen atoms in total. The molecule has 7 heteroatoms. The van der Waals surface area contributed by atoms with E-state index in [2.05, 4.69) is 0 Å². The Morgan fingerprint density at radius 1 is 1.12 bits per heavy atom. The molecule has 1 rings (SSSR count). The maximum Gasteiger partial charge on any atom is 0.333 e. The molecule has 0 spiro atoms. The normalized spacial score (nSPS) is 15.6. The molecule has 96 valence electrons. The summed E-state index contributed by atoms with van der Waals surface area (Å²) in [5, 5.41) is 7.42. The highest BCUT2D eigenvalue weighted by atomic mass is 16.4. The summed E-state index contributed by atoms with van der Waals surface area (Å²) in [7, 11) is 0. The molecule has 0 aromatic heterocycles. The zero-order valence-corrected chi connectivity index (χ0v) is 10.1. The molecular weight excluding hydrogens is 228 g/mol. The fourth-order valence-corrected chi connectivity index (χ4v) is 1.30. The maximum absolute atomic E-state index is 11.4. The lowest BCUT2D eigenvalue weighted by molar-refractivity contribution is -0.142. The minimum Gasteiger partial charge on any atom is -0.481 e. The molecule has 1 saturated heterocycles. The molecule has 1 N–H and O–H groups in total. The van der Waals surface area contributed by atoms with Crippen LogP contribution in [0.25, 0.3) is 0 Å². The third-order valence-corrected chi connectivity index (χ3v) is 2.00. The van der Waals surface area contributed by atoms with Gasteiger partial charge in [-0.05, 0) is 13.8 Å². The number of aliphatic carboxylic acids is 1. The van der Waals surface area contributed by atoms with E-state index in [-0.39, 0.29) is 6.42 Å². The minimum absolute atomic E-state index is 0.187. The number of carboxylic acid groups (broad SMARTS) is 1. The van der Waals surface area contributed by atoms with Crippen LogP contribution < -0.4 is 0 Å². The van der Waals surface area contributed by atoms with Gasteiger partial charge in [0.15, 0.2) is 0 Å². The fourth-order valence-electron chi connectivity index (χ4n) is 1.30. The van der Waals surface area contributed by atoms with Crippen molar-refractivity contribution in [3.05, 3.63) is 0 Å². The summed E-state index contributed by atoms with van der Waals surface area (Å²) in [5.41, 5.74) is 0. The van der Waals surface area contributed by atoms with Crippen molar-refractivity contribution >= 4 is 23.8 Å². The summed E-state index contributed by atoms with van der Waals surface area (Å²) >= 11 is 0. The molecule has 17 heavy (non-hydrogen) atoms. The van der Waals surface area contributed by atoms with Gasteiger partial charge in [-0.3, -0.25) is 24.2 Å². The lowest BCUT2D eigenvalue weighted by Crippen LogP contribution is -2.54. The lowest BCUT2D eigenvalue weighted by Gasteiger charge is -2.31. The lowest BCUT2D eigenvalue weighted by atomic mass is 10.2. The van der Waals surface area contributed by atoms with Crippen molar-refractivity contribution in [1.29, 1.82) is 0 Å². The Labute approximate surface area is 99.0 Å². The average molecular weight is 244 g/mol. The molecule has 0 aliphatic carbocycles. The zero-order chi connectivity index (χ0) is 13.6. The second-order valence-electron chi connectivity index (χ2n) is 3.25. The number of hydrogen-bond acceptors (Lipinski definition) is 4. The number of barbiturate groups is 1. The third kappa shape index (κ3) is 4.21. The van der Waals surface area contributed by atoms with Gasteiger partial charge >= 0.3 is 6.03 Å². The van der Waals surface area contributed by atoms with Gasteiger partial charge in [0.25, 0.3) is 5.97 Å². The van der Waals surface area contributed by atoms with Gasteiger partial charge in [-0.25, -0.2) is 4.79 Å². The number of carbonyl (C=O) groups is 4. The van der Waals surface area contributed by atoms with Gasteiger partial charge in [-0.2, -0.15) is 0 Å². The molecule has 0 radical (unpaired) electrons. The maximum atomic E-state index is 11.4. The van der Waals surface area contributed by atoms with Crippen molar-refractivity contribution in [3.63, 3.8) is 0 Å². The zero-order valence-electron chi connectivity index (χ0n) is 10.1. The summed E-state index contributed by atoms with van der Waals surface area (Å²) in [6.45, 7) is 5.14. The van der Waals surface area contributed by atoms with Crippen LogP contribution in [0.1, 0.15) is 27.2 Å².